The predicted octanol–water partition coefficient (Wildman–Crippen LogP) is 5.75. The third-order valence-electron chi connectivity index (χ3n) is 5.30. The van der Waals surface area contributed by atoms with E-state index >= 15 is 0 Å². The summed E-state index contributed by atoms with van der Waals surface area (Å²) in [7, 11) is -2.37. The molecule has 0 saturated carbocycles. The SMILES string of the molecule is COc1ccc(NS(=O)(=O)c2ccc(OCC(=O)Nc3ccc(OCc4ccccc4)cc3)c(Cl)c2)cc1. The van der Waals surface area contributed by atoms with E-state index in [1.54, 1.807) is 48.5 Å². The van der Waals surface area contributed by atoms with Gasteiger partial charge in [-0.3, -0.25) is 9.52 Å². The molecule has 1 amide bonds. The minimum atomic E-state index is -3.89. The number of nitrogens with one attached hydrogen (secondary N) is 2. The lowest BCUT2D eigenvalue weighted by Gasteiger charge is -2.12. The highest BCUT2D eigenvalue weighted by Gasteiger charge is 2.17. The summed E-state index contributed by atoms with van der Waals surface area (Å²) in [6, 6.07) is 27.2. The molecule has 0 heterocycles. The van der Waals surface area contributed by atoms with Crippen LogP contribution in [0.1, 0.15) is 5.56 Å². The lowest BCUT2D eigenvalue weighted by atomic mass is 10.2. The Balaban J connectivity index is 1.28. The number of halogens is 1. The minimum Gasteiger partial charge on any atom is -0.497 e. The van der Waals surface area contributed by atoms with E-state index in [1.807, 2.05) is 30.3 Å². The lowest BCUT2D eigenvalue weighted by molar-refractivity contribution is -0.118. The van der Waals surface area contributed by atoms with Gasteiger partial charge in [-0.25, -0.2) is 8.42 Å². The fourth-order valence-corrected chi connectivity index (χ4v) is 4.74. The van der Waals surface area contributed by atoms with Crippen molar-refractivity contribution in [2.45, 2.75) is 11.5 Å². The molecule has 0 unspecified atom stereocenters. The zero-order chi connectivity index (χ0) is 27.0. The summed E-state index contributed by atoms with van der Waals surface area (Å²) >= 11 is 6.23. The number of benzene rings is 4. The van der Waals surface area contributed by atoms with Crippen LogP contribution in [-0.2, 0) is 21.4 Å². The molecule has 0 atom stereocenters. The zero-order valence-corrected chi connectivity index (χ0v) is 22.0. The van der Waals surface area contributed by atoms with Crippen molar-refractivity contribution < 1.29 is 27.4 Å². The van der Waals surface area contributed by atoms with Crippen LogP contribution in [0, 0.1) is 0 Å². The van der Waals surface area contributed by atoms with Crippen molar-refractivity contribution in [3.05, 3.63) is 108 Å². The first-order valence-corrected chi connectivity index (χ1v) is 13.3. The Morgan fingerprint density at radius 3 is 2.13 bits per heavy atom. The van der Waals surface area contributed by atoms with Crippen LogP contribution in [0.2, 0.25) is 5.02 Å². The molecule has 38 heavy (non-hydrogen) atoms. The molecule has 0 radical (unpaired) electrons. The number of ether oxygens (including phenoxy) is 3. The molecule has 4 rings (SSSR count). The van der Waals surface area contributed by atoms with Crippen molar-refractivity contribution >= 4 is 38.9 Å². The quantitative estimate of drug-likeness (QED) is 0.246. The van der Waals surface area contributed by atoms with Crippen molar-refractivity contribution in [1.29, 1.82) is 0 Å². The van der Waals surface area contributed by atoms with Gasteiger partial charge in [0.2, 0.25) is 0 Å². The average molecular weight is 553 g/mol. The van der Waals surface area contributed by atoms with Gasteiger partial charge < -0.3 is 19.5 Å². The summed E-state index contributed by atoms with van der Waals surface area (Å²) in [5, 5.41) is 2.78. The van der Waals surface area contributed by atoms with Crippen LogP contribution in [0.5, 0.6) is 17.2 Å². The topological polar surface area (TPSA) is 103 Å². The highest BCUT2D eigenvalue weighted by atomic mass is 35.5. The predicted molar refractivity (Wildman–Crippen MR) is 147 cm³/mol. The summed E-state index contributed by atoms with van der Waals surface area (Å²) in [6.07, 6.45) is 0. The zero-order valence-electron chi connectivity index (χ0n) is 20.4. The molecule has 0 saturated heterocycles. The fraction of sp³-hybridized carbons (Fsp3) is 0.107. The number of amides is 1. The van der Waals surface area contributed by atoms with Crippen LogP contribution < -0.4 is 24.2 Å². The van der Waals surface area contributed by atoms with E-state index in [0.717, 1.165) is 5.56 Å². The Labute approximate surface area is 226 Å². The van der Waals surface area contributed by atoms with E-state index in [9.17, 15) is 13.2 Å². The van der Waals surface area contributed by atoms with E-state index in [4.69, 9.17) is 25.8 Å². The van der Waals surface area contributed by atoms with E-state index in [2.05, 4.69) is 10.0 Å². The van der Waals surface area contributed by atoms with E-state index in [1.165, 1.54) is 25.3 Å². The molecule has 0 fully saturated rings. The van der Waals surface area contributed by atoms with Gasteiger partial charge in [-0.05, 0) is 72.3 Å². The first kappa shape index (κ1) is 26.8. The van der Waals surface area contributed by atoms with E-state index in [0.29, 0.717) is 29.5 Å². The first-order valence-electron chi connectivity index (χ1n) is 11.5. The third-order valence-corrected chi connectivity index (χ3v) is 6.98. The second kappa shape index (κ2) is 12.4. The molecule has 4 aromatic carbocycles. The monoisotopic (exact) mass is 552 g/mol. The number of hydrogen-bond donors (Lipinski definition) is 2. The number of carbonyl (C=O) groups is 1. The Kier molecular flexibility index (Phi) is 8.73. The van der Waals surface area contributed by atoms with E-state index < -0.39 is 15.9 Å². The van der Waals surface area contributed by atoms with Gasteiger partial charge in [0.25, 0.3) is 15.9 Å². The van der Waals surface area contributed by atoms with Crippen molar-refractivity contribution in [3.8, 4) is 17.2 Å². The number of hydrogen-bond acceptors (Lipinski definition) is 6. The standard InChI is InChI=1S/C28H25ClN2O6S/c1-35-23-11-9-22(10-12-23)31-38(33,34)25-15-16-27(26(29)17-25)37-19-28(32)30-21-7-13-24(14-8-21)36-18-20-5-3-2-4-6-20/h2-17,31H,18-19H2,1H3,(H,30,32). The lowest BCUT2D eigenvalue weighted by Crippen LogP contribution is -2.20. The number of sulfonamides is 1. The summed E-state index contributed by atoms with van der Waals surface area (Å²) in [4.78, 5) is 12.3. The summed E-state index contributed by atoms with van der Waals surface area (Å²) in [5.41, 5.74) is 2.00. The van der Waals surface area contributed by atoms with Crippen LogP contribution >= 0.6 is 11.6 Å². The number of anilines is 2. The second-order valence-electron chi connectivity index (χ2n) is 8.06. The molecular formula is C28H25ClN2O6S. The Morgan fingerprint density at radius 2 is 1.47 bits per heavy atom. The van der Waals surface area contributed by atoms with Gasteiger partial charge >= 0.3 is 0 Å². The van der Waals surface area contributed by atoms with Crippen molar-refractivity contribution in [2.24, 2.45) is 0 Å². The smallest absolute Gasteiger partial charge is 0.262 e. The Bertz CT molecular complexity index is 1480. The average Bonchev–Trinajstić information content (AvgIpc) is 2.93. The maximum Gasteiger partial charge on any atom is 0.262 e. The van der Waals surface area contributed by atoms with Crippen LogP contribution in [-0.4, -0.2) is 28.0 Å². The van der Waals surface area contributed by atoms with Gasteiger partial charge in [0.05, 0.1) is 17.0 Å². The molecule has 4 aromatic rings. The second-order valence-corrected chi connectivity index (χ2v) is 10.2. The number of carbonyl (C=O) groups excluding carboxylic acids is 1. The van der Waals surface area contributed by atoms with Crippen molar-refractivity contribution in [3.63, 3.8) is 0 Å². The first-order chi connectivity index (χ1) is 18.3. The van der Waals surface area contributed by atoms with Gasteiger partial charge in [0.15, 0.2) is 6.61 Å². The summed E-state index contributed by atoms with van der Waals surface area (Å²) < 4.78 is 44.2. The molecule has 0 spiro atoms. The Morgan fingerprint density at radius 1 is 0.816 bits per heavy atom. The van der Waals surface area contributed by atoms with Crippen LogP contribution in [0.15, 0.2) is 102 Å². The van der Waals surface area contributed by atoms with Gasteiger partial charge in [0, 0.05) is 11.4 Å². The van der Waals surface area contributed by atoms with Crippen LogP contribution in [0.25, 0.3) is 0 Å². The highest BCUT2D eigenvalue weighted by molar-refractivity contribution is 7.92. The minimum absolute atomic E-state index is 0.0512. The maximum absolute atomic E-state index is 12.7. The van der Waals surface area contributed by atoms with Gasteiger partial charge in [-0.1, -0.05) is 41.9 Å². The maximum atomic E-state index is 12.7. The largest absolute Gasteiger partial charge is 0.497 e. The van der Waals surface area contributed by atoms with Gasteiger partial charge in [0.1, 0.15) is 23.9 Å². The summed E-state index contributed by atoms with van der Waals surface area (Å²) in [6.45, 7) is 0.126. The molecule has 0 aliphatic rings. The molecule has 0 aliphatic carbocycles. The summed E-state index contributed by atoms with van der Waals surface area (Å²) in [5.74, 6) is 1.05. The number of methoxy groups -OCH3 is 1. The molecular weight excluding hydrogens is 528 g/mol. The van der Waals surface area contributed by atoms with Crippen LogP contribution in [0.4, 0.5) is 11.4 Å². The van der Waals surface area contributed by atoms with Crippen molar-refractivity contribution in [2.75, 3.05) is 23.8 Å². The van der Waals surface area contributed by atoms with Crippen LogP contribution in [0.3, 0.4) is 0 Å². The van der Waals surface area contributed by atoms with Gasteiger partial charge in [-0.2, -0.15) is 0 Å². The Hall–Kier alpha value is -4.21. The third kappa shape index (κ3) is 7.41. The molecule has 2 N–H and O–H groups in total. The molecule has 10 heteroatoms. The molecule has 8 nitrogen and oxygen atoms in total. The molecule has 0 aliphatic heterocycles. The highest BCUT2D eigenvalue weighted by Crippen LogP contribution is 2.29. The fourth-order valence-electron chi connectivity index (χ4n) is 3.35. The normalized spacial score (nSPS) is 10.9. The molecule has 0 bridgehead atoms. The van der Waals surface area contributed by atoms with E-state index in [-0.39, 0.29) is 22.3 Å². The van der Waals surface area contributed by atoms with Gasteiger partial charge in [-0.15, -0.1) is 0 Å². The van der Waals surface area contributed by atoms with Crippen molar-refractivity contribution in [1.82, 2.24) is 0 Å². The molecule has 0 aromatic heterocycles. The molecule has 196 valence electrons. The number of rotatable bonds is 11.